The molecule has 1 aromatic carbocycles. The second-order valence-electron chi connectivity index (χ2n) is 5.47. The van der Waals surface area contributed by atoms with E-state index in [1.54, 1.807) is 9.80 Å². The molecule has 0 bridgehead atoms. The molecule has 0 saturated carbocycles. The molecule has 7 nitrogen and oxygen atoms in total. The van der Waals surface area contributed by atoms with Crippen LogP contribution >= 0.6 is 0 Å². The average Bonchev–Trinajstić information content (AvgIpc) is 2.64. The number of nitrogens with one attached hydrogen (secondary N) is 1. The van der Waals surface area contributed by atoms with Gasteiger partial charge in [0.25, 0.3) is 5.91 Å². The molecule has 1 aromatic heterocycles. The number of anilines is 2. The highest BCUT2D eigenvalue weighted by Gasteiger charge is 2.22. The molecule has 130 valence electrons. The van der Waals surface area contributed by atoms with Gasteiger partial charge in [-0.05, 0) is 12.1 Å². The predicted octanol–water partition coefficient (Wildman–Crippen LogP) is 1.41. The number of carbonyl (C=O) groups is 2. The van der Waals surface area contributed by atoms with Crippen molar-refractivity contribution in [3.8, 4) is 0 Å². The first kappa shape index (κ1) is 16.7. The van der Waals surface area contributed by atoms with E-state index < -0.39 is 11.6 Å². The quantitative estimate of drug-likeness (QED) is 0.846. The number of hydrogen-bond donors (Lipinski definition) is 1. The van der Waals surface area contributed by atoms with Crippen molar-refractivity contribution in [1.29, 1.82) is 0 Å². The number of aromatic nitrogens is 2. The SMILES string of the molecule is O=CN1CCN(C(=O)c2cc(Nc3ccc(F)cc3F)ncn2)CC1. The van der Waals surface area contributed by atoms with E-state index in [-0.39, 0.29) is 23.1 Å². The summed E-state index contributed by atoms with van der Waals surface area (Å²) in [6.45, 7) is 1.76. The number of carbonyl (C=O) groups excluding carboxylic acids is 2. The lowest BCUT2D eigenvalue weighted by Crippen LogP contribution is -2.48. The Morgan fingerprint density at radius 2 is 1.88 bits per heavy atom. The highest BCUT2D eigenvalue weighted by Crippen LogP contribution is 2.20. The van der Waals surface area contributed by atoms with Crippen LogP contribution in [0.25, 0.3) is 0 Å². The Morgan fingerprint density at radius 1 is 1.12 bits per heavy atom. The normalized spacial score (nSPS) is 14.3. The van der Waals surface area contributed by atoms with Gasteiger partial charge >= 0.3 is 0 Å². The number of rotatable bonds is 4. The molecule has 2 heterocycles. The Labute approximate surface area is 142 Å². The van der Waals surface area contributed by atoms with E-state index >= 15 is 0 Å². The van der Waals surface area contributed by atoms with Gasteiger partial charge in [0, 0.05) is 38.3 Å². The summed E-state index contributed by atoms with van der Waals surface area (Å²) in [5, 5.41) is 2.70. The van der Waals surface area contributed by atoms with Gasteiger partial charge in [0.15, 0.2) is 0 Å². The number of amides is 2. The van der Waals surface area contributed by atoms with Crippen molar-refractivity contribution in [2.75, 3.05) is 31.5 Å². The highest BCUT2D eigenvalue weighted by atomic mass is 19.1. The molecule has 0 spiro atoms. The lowest BCUT2D eigenvalue weighted by Gasteiger charge is -2.32. The van der Waals surface area contributed by atoms with Gasteiger partial charge in [0.2, 0.25) is 6.41 Å². The topological polar surface area (TPSA) is 78.4 Å². The Balaban J connectivity index is 1.73. The highest BCUT2D eigenvalue weighted by molar-refractivity contribution is 5.93. The fourth-order valence-corrected chi connectivity index (χ4v) is 2.46. The number of halogens is 2. The van der Waals surface area contributed by atoms with E-state index in [1.165, 1.54) is 18.5 Å². The largest absolute Gasteiger partial charge is 0.342 e. The first-order valence-corrected chi connectivity index (χ1v) is 7.59. The van der Waals surface area contributed by atoms with Crippen LogP contribution in [0, 0.1) is 11.6 Å². The number of hydrogen-bond acceptors (Lipinski definition) is 5. The molecule has 1 fully saturated rings. The summed E-state index contributed by atoms with van der Waals surface area (Å²) in [5.41, 5.74) is 0.192. The minimum absolute atomic E-state index is 0.0399. The first-order valence-electron chi connectivity index (χ1n) is 7.59. The van der Waals surface area contributed by atoms with Crippen LogP contribution in [0.15, 0.2) is 30.6 Å². The number of benzene rings is 1. The minimum Gasteiger partial charge on any atom is -0.342 e. The molecular weight excluding hydrogens is 332 g/mol. The zero-order chi connectivity index (χ0) is 17.8. The monoisotopic (exact) mass is 347 g/mol. The molecule has 1 aliphatic heterocycles. The Bertz CT molecular complexity index is 794. The molecule has 1 saturated heterocycles. The fourth-order valence-electron chi connectivity index (χ4n) is 2.46. The summed E-state index contributed by atoms with van der Waals surface area (Å²) in [7, 11) is 0. The third-order valence-corrected chi connectivity index (χ3v) is 3.83. The van der Waals surface area contributed by atoms with E-state index in [9.17, 15) is 18.4 Å². The van der Waals surface area contributed by atoms with Gasteiger partial charge in [-0.25, -0.2) is 18.7 Å². The van der Waals surface area contributed by atoms with Gasteiger partial charge in [0.05, 0.1) is 5.69 Å². The third-order valence-electron chi connectivity index (χ3n) is 3.83. The van der Waals surface area contributed by atoms with Gasteiger partial charge in [-0.15, -0.1) is 0 Å². The van der Waals surface area contributed by atoms with Crippen LogP contribution in [-0.4, -0.2) is 58.3 Å². The first-order chi connectivity index (χ1) is 12.1. The van der Waals surface area contributed by atoms with E-state index in [1.807, 2.05) is 0 Å². The van der Waals surface area contributed by atoms with Crippen molar-refractivity contribution in [3.05, 3.63) is 47.9 Å². The zero-order valence-corrected chi connectivity index (χ0v) is 13.2. The third kappa shape index (κ3) is 3.87. The summed E-state index contributed by atoms with van der Waals surface area (Å²) in [5.74, 6) is -1.53. The molecular formula is C16H15F2N5O2. The van der Waals surface area contributed by atoms with Gasteiger partial charge in [0.1, 0.15) is 29.5 Å². The van der Waals surface area contributed by atoms with Gasteiger partial charge in [-0.3, -0.25) is 9.59 Å². The minimum atomic E-state index is -0.767. The molecule has 25 heavy (non-hydrogen) atoms. The molecule has 0 atom stereocenters. The van der Waals surface area contributed by atoms with Crippen molar-refractivity contribution < 1.29 is 18.4 Å². The number of piperazine rings is 1. The molecule has 1 N–H and O–H groups in total. The van der Waals surface area contributed by atoms with Crippen LogP contribution in [0.5, 0.6) is 0 Å². The second-order valence-corrected chi connectivity index (χ2v) is 5.47. The molecule has 0 radical (unpaired) electrons. The van der Waals surface area contributed by atoms with Crippen molar-refractivity contribution in [3.63, 3.8) is 0 Å². The molecule has 2 aromatic rings. The van der Waals surface area contributed by atoms with Gasteiger partial charge in [-0.2, -0.15) is 0 Å². The fraction of sp³-hybridized carbons (Fsp3) is 0.250. The summed E-state index contributed by atoms with van der Waals surface area (Å²) in [4.78, 5) is 34.3. The van der Waals surface area contributed by atoms with E-state index in [4.69, 9.17) is 0 Å². The predicted molar refractivity (Wildman–Crippen MR) is 85.2 cm³/mol. The van der Waals surface area contributed by atoms with Crippen molar-refractivity contribution >= 4 is 23.8 Å². The maximum atomic E-state index is 13.7. The average molecular weight is 347 g/mol. The van der Waals surface area contributed by atoms with E-state index in [0.29, 0.717) is 26.2 Å². The van der Waals surface area contributed by atoms with Crippen LogP contribution in [0.2, 0.25) is 0 Å². The molecule has 3 rings (SSSR count). The smallest absolute Gasteiger partial charge is 0.272 e. The maximum absolute atomic E-state index is 13.7. The Kier molecular flexibility index (Phi) is 4.82. The Hall–Kier alpha value is -3.10. The number of nitrogens with zero attached hydrogens (tertiary/aromatic N) is 4. The standard InChI is InChI=1S/C16H15F2N5O2/c17-11-1-2-13(12(18)7-11)21-15-8-14(19-9-20-15)16(25)23-5-3-22(10-24)4-6-23/h1-2,7-10H,3-6H2,(H,19,20,21). The zero-order valence-electron chi connectivity index (χ0n) is 13.2. The van der Waals surface area contributed by atoms with Gasteiger partial charge in [-0.1, -0.05) is 0 Å². The summed E-state index contributed by atoms with van der Waals surface area (Å²) in [6.07, 6.45) is 1.95. The lowest BCUT2D eigenvalue weighted by molar-refractivity contribution is -0.119. The molecule has 0 aliphatic carbocycles. The molecule has 2 amide bonds. The molecule has 0 unspecified atom stereocenters. The van der Waals surface area contributed by atoms with Crippen LogP contribution < -0.4 is 5.32 Å². The summed E-state index contributed by atoms with van der Waals surface area (Å²) >= 11 is 0. The second kappa shape index (κ2) is 7.20. The van der Waals surface area contributed by atoms with Crippen LogP contribution in [0.4, 0.5) is 20.3 Å². The van der Waals surface area contributed by atoms with E-state index in [2.05, 4.69) is 15.3 Å². The van der Waals surface area contributed by atoms with E-state index in [0.717, 1.165) is 18.5 Å². The summed E-state index contributed by atoms with van der Waals surface area (Å²) < 4.78 is 26.6. The molecule has 9 heteroatoms. The van der Waals surface area contributed by atoms with Crippen LogP contribution in [0.3, 0.4) is 0 Å². The van der Waals surface area contributed by atoms with Crippen LogP contribution in [-0.2, 0) is 4.79 Å². The van der Waals surface area contributed by atoms with Crippen molar-refractivity contribution in [2.24, 2.45) is 0 Å². The van der Waals surface area contributed by atoms with Crippen molar-refractivity contribution in [2.45, 2.75) is 0 Å². The Morgan fingerprint density at radius 3 is 2.56 bits per heavy atom. The van der Waals surface area contributed by atoms with Gasteiger partial charge < -0.3 is 15.1 Å². The summed E-state index contributed by atoms with van der Waals surface area (Å²) in [6, 6.07) is 4.51. The molecule has 1 aliphatic rings. The van der Waals surface area contributed by atoms with Crippen LogP contribution in [0.1, 0.15) is 10.5 Å². The lowest BCUT2D eigenvalue weighted by atomic mass is 10.2. The maximum Gasteiger partial charge on any atom is 0.272 e. The van der Waals surface area contributed by atoms with Crippen molar-refractivity contribution in [1.82, 2.24) is 19.8 Å².